The van der Waals surface area contributed by atoms with Gasteiger partial charge in [-0.15, -0.1) is 0 Å². The first-order valence-electron chi connectivity index (χ1n) is 5.79. The van der Waals surface area contributed by atoms with Crippen LogP contribution >= 0.6 is 0 Å². The number of piperidine rings is 1. The molecule has 0 bridgehead atoms. The number of rotatable bonds is 3. The van der Waals surface area contributed by atoms with Crippen LogP contribution in [0.3, 0.4) is 0 Å². The molecule has 1 N–H and O–H groups in total. The van der Waals surface area contributed by atoms with Gasteiger partial charge in [-0.3, -0.25) is 0 Å². The van der Waals surface area contributed by atoms with Gasteiger partial charge in [0, 0.05) is 6.07 Å². The maximum atomic E-state index is 8.88. The zero-order chi connectivity index (χ0) is 12.1. The Morgan fingerprint density at radius 3 is 2.71 bits per heavy atom. The van der Waals surface area contributed by atoms with Gasteiger partial charge in [0.05, 0.1) is 18.7 Å². The van der Waals surface area contributed by atoms with Crippen LogP contribution in [-0.4, -0.2) is 26.3 Å². The summed E-state index contributed by atoms with van der Waals surface area (Å²) in [7, 11) is 1.61. The summed E-state index contributed by atoms with van der Waals surface area (Å²) >= 11 is 0. The molecule has 1 aromatic rings. The molecule has 0 saturated carbocycles. The van der Waals surface area contributed by atoms with Gasteiger partial charge in [0.25, 0.3) is 0 Å². The van der Waals surface area contributed by atoms with Gasteiger partial charge in [0.1, 0.15) is 6.10 Å². The smallest absolute Gasteiger partial charge is 0.162 e. The summed E-state index contributed by atoms with van der Waals surface area (Å²) in [4.78, 5) is 0. The van der Waals surface area contributed by atoms with E-state index in [0.717, 1.165) is 25.9 Å². The second-order valence-electron chi connectivity index (χ2n) is 4.04. The molecule has 1 heterocycles. The van der Waals surface area contributed by atoms with Crippen molar-refractivity contribution in [3.8, 4) is 17.6 Å². The standard InChI is InChI=1S/C13H16N2O2/c1-16-12-3-2-10(9-14)8-13(12)17-11-4-6-15-7-5-11/h2-3,8,11,15H,4-7H2,1H3. The van der Waals surface area contributed by atoms with E-state index in [9.17, 15) is 0 Å². The number of hydrogen-bond donors (Lipinski definition) is 1. The molecule has 0 radical (unpaired) electrons. The minimum Gasteiger partial charge on any atom is -0.493 e. The van der Waals surface area contributed by atoms with E-state index < -0.39 is 0 Å². The summed E-state index contributed by atoms with van der Waals surface area (Å²) in [6.45, 7) is 1.95. The van der Waals surface area contributed by atoms with E-state index in [4.69, 9.17) is 14.7 Å². The van der Waals surface area contributed by atoms with Crippen LogP contribution < -0.4 is 14.8 Å². The largest absolute Gasteiger partial charge is 0.493 e. The third-order valence-corrected chi connectivity index (χ3v) is 2.87. The molecule has 0 atom stereocenters. The predicted octanol–water partition coefficient (Wildman–Crippen LogP) is 1.70. The lowest BCUT2D eigenvalue weighted by molar-refractivity contribution is 0.156. The lowest BCUT2D eigenvalue weighted by atomic mass is 10.1. The van der Waals surface area contributed by atoms with Crippen LogP contribution in [0.15, 0.2) is 18.2 Å². The van der Waals surface area contributed by atoms with Crippen LogP contribution in [0.5, 0.6) is 11.5 Å². The predicted molar refractivity (Wildman–Crippen MR) is 64.2 cm³/mol. The average molecular weight is 232 g/mol. The van der Waals surface area contributed by atoms with Gasteiger partial charge < -0.3 is 14.8 Å². The Balaban J connectivity index is 2.14. The summed E-state index contributed by atoms with van der Waals surface area (Å²) in [5.74, 6) is 1.35. The van der Waals surface area contributed by atoms with Gasteiger partial charge >= 0.3 is 0 Å². The Bertz CT molecular complexity index is 420. The third-order valence-electron chi connectivity index (χ3n) is 2.87. The number of hydrogen-bond acceptors (Lipinski definition) is 4. The summed E-state index contributed by atoms with van der Waals surface area (Å²) in [5, 5.41) is 12.2. The van der Waals surface area contributed by atoms with Crippen LogP contribution in [0.4, 0.5) is 0 Å². The molecule has 90 valence electrons. The second-order valence-corrected chi connectivity index (χ2v) is 4.04. The summed E-state index contributed by atoms with van der Waals surface area (Å²) < 4.78 is 11.1. The van der Waals surface area contributed by atoms with Gasteiger partial charge in [-0.05, 0) is 38.1 Å². The van der Waals surface area contributed by atoms with Crippen molar-refractivity contribution in [1.82, 2.24) is 5.32 Å². The number of benzene rings is 1. The Kier molecular flexibility index (Phi) is 3.84. The molecule has 0 aliphatic carbocycles. The highest BCUT2D eigenvalue weighted by molar-refractivity contribution is 5.46. The van der Waals surface area contributed by atoms with Gasteiger partial charge in [0.15, 0.2) is 11.5 Å². The van der Waals surface area contributed by atoms with E-state index in [1.807, 2.05) is 0 Å². The molecule has 0 unspecified atom stereocenters. The minimum atomic E-state index is 0.207. The summed E-state index contributed by atoms with van der Waals surface area (Å²) in [6.07, 6.45) is 2.18. The Morgan fingerprint density at radius 2 is 2.06 bits per heavy atom. The SMILES string of the molecule is COc1ccc(C#N)cc1OC1CCNCC1. The van der Waals surface area contributed by atoms with E-state index >= 15 is 0 Å². The van der Waals surface area contributed by atoms with Crippen LogP contribution in [0.2, 0.25) is 0 Å². The molecule has 0 spiro atoms. The highest BCUT2D eigenvalue weighted by Gasteiger charge is 2.16. The van der Waals surface area contributed by atoms with Crippen molar-refractivity contribution in [3.63, 3.8) is 0 Å². The van der Waals surface area contributed by atoms with E-state index in [1.54, 1.807) is 25.3 Å². The van der Waals surface area contributed by atoms with E-state index in [-0.39, 0.29) is 6.10 Å². The maximum Gasteiger partial charge on any atom is 0.162 e. The highest BCUT2D eigenvalue weighted by Crippen LogP contribution is 2.29. The van der Waals surface area contributed by atoms with E-state index in [0.29, 0.717) is 17.1 Å². The third kappa shape index (κ3) is 2.89. The molecule has 0 aromatic heterocycles. The van der Waals surface area contributed by atoms with Gasteiger partial charge in [-0.1, -0.05) is 0 Å². The summed E-state index contributed by atoms with van der Waals surface area (Å²) in [6, 6.07) is 7.35. The van der Waals surface area contributed by atoms with Crippen molar-refractivity contribution in [3.05, 3.63) is 23.8 Å². The fourth-order valence-corrected chi connectivity index (χ4v) is 1.93. The Hall–Kier alpha value is -1.73. The minimum absolute atomic E-state index is 0.207. The van der Waals surface area contributed by atoms with Gasteiger partial charge in [0.2, 0.25) is 0 Å². The number of ether oxygens (including phenoxy) is 2. The number of nitrogens with zero attached hydrogens (tertiary/aromatic N) is 1. The first-order valence-corrected chi connectivity index (χ1v) is 5.79. The molecule has 1 aromatic carbocycles. The van der Waals surface area contributed by atoms with E-state index in [2.05, 4.69) is 11.4 Å². The van der Waals surface area contributed by atoms with Crippen molar-refractivity contribution in [1.29, 1.82) is 5.26 Å². The molecular formula is C13H16N2O2. The molecule has 1 aliphatic rings. The van der Waals surface area contributed by atoms with E-state index in [1.165, 1.54) is 0 Å². The highest BCUT2D eigenvalue weighted by atomic mass is 16.5. The fourth-order valence-electron chi connectivity index (χ4n) is 1.93. The van der Waals surface area contributed by atoms with Crippen molar-refractivity contribution >= 4 is 0 Å². The van der Waals surface area contributed by atoms with Crippen molar-refractivity contribution in [2.24, 2.45) is 0 Å². The van der Waals surface area contributed by atoms with Crippen LogP contribution in [0.25, 0.3) is 0 Å². The Labute approximate surface area is 101 Å². The topological polar surface area (TPSA) is 54.3 Å². The first-order chi connectivity index (χ1) is 8.33. The summed E-state index contributed by atoms with van der Waals surface area (Å²) in [5.41, 5.74) is 0.592. The van der Waals surface area contributed by atoms with Crippen LogP contribution in [0, 0.1) is 11.3 Å². The molecule has 4 nitrogen and oxygen atoms in total. The van der Waals surface area contributed by atoms with Crippen molar-refractivity contribution in [2.75, 3.05) is 20.2 Å². The fraction of sp³-hybridized carbons (Fsp3) is 0.462. The molecule has 17 heavy (non-hydrogen) atoms. The normalized spacial score (nSPS) is 16.2. The lowest BCUT2D eigenvalue weighted by Gasteiger charge is -2.24. The first kappa shape index (κ1) is 11.7. The number of nitrogens with one attached hydrogen (secondary N) is 1. The molecule has 2 rings (SSSR count). The molecule has 1 aliphatic heterocycles. The Morgan fingerprint density at radius 1 is 1.29 bits per heavy atom. The molecule has 1 fully saturated rings. The van der Waals surface area contributed by atoms with Gasteiger partial charge in [-0.25, -0.2) is 0 Å². The quantitative estimate of drug-likeness (QED) is 0.861. The van der Waals surface area contributed by atoms with Crippen molar-refractivity contribution < 1.29 is 9.47 Å². The van der Waals surface area contributed by atoms with Crippen LogP contribution in [-0.2, 0) is 0 Å². The number of methoxy groups -OCH3 is 1. The molecule has 0 amide bonds. The monoisotopic (exact) mass is 232 g/mol. The number of nitriles is 1. The zero-order valence-corrected chi connectivity index (χ0v) is 9.90. The van der Waals surface area contributed by atoms with Gasteiger partial charge in [-0.2, -0.15) is 5.26 Å². The second kappa shape index (κ2) is 5.55. The average Bonchev–Trinajstić information content (AvgIpc) is 2.40. The zero-order valence-electron chi connectivity index (χ0n) is 9.90. The van der Waals surface area contributed by atoms with Crippen LogP contribution in [0.1, 0.15) is 18.4 Å². The maximum absolute atomic E-state index is 8.88. The molecular weight excluding hydrogens is 216 g/mol. The molecule has 1 saturated heterocycles. The molecule has 4 heteroatoms. The van der Waals surface area contributed by atoms with Crippen molar-refractivity contribution in [2.45, 2.75) is 18.9 Å². The lowest BCUT2D eigenvalue weighted by Crippen LogP contribution is -2.34.